The molecule has 3 N–H and O–H groups in total. The molecule has 0 bridgehead atoms. The molecule has 0 unspecified atom stereocenters. The Bertz CT molecular complexity index is 931. The highest BCUT2D eigenvalue weighted by atomic mass is 32.1. The lowest BCUT2D eigenvalue weighted by Gasteiger charge is -2.11. The Labute approximate surface area is 169 Å². The number of carbonyl (C=O) groups is 1. The standard InChI is InChI=1S/C21H26N4O2S/c1-3-22-21(24-12-7-11-23-20(26)19-10-6-13-28-19)25-14-18-15(2)16-8-4-5-9-17(16)27-18/h4-6,8-10,13H,3,7,11-12,14H2,1-2H3,(H,23,26)(H2,22,24,25). The molecule has 0 aliphatic carbocycles. The van der Waals surface area contributed by atoms with E-state index in [1.165, 1.54) is 11.3 Å². The van der Waals surface area contributed by atoms with Gasteiger partial charge >= 0.3 is 0 Å². The lowest BCUT2D eigenvalue weighted by atomic mass is 10.1. The van der Waals surface area contributed by atoms with Gasteiger partial charge in [0.25, 0.3) is 5.91 Å². The predicted molar refractivity (Wildman–Crippen MR) is 115 cm³/mol. The summed E-state index contributed by atoms with van der Waals surface area (Å²) < 4.78 is 5.92. The van der Waals surface area contributed by atoms with Crippen LogP contribution < -0.4 is 16.0 Å². The van der Waals surface area contributed by atoms with E-state index < -0.39 is 0 Å². The monoisotopic (exact) mass is 398 g/mol. The number of nitrogens with one attached hydrogen (secondary N) is 3. The van der Waals surface area contributed by atoms with Crippen LogP contribution in [0.3, 0.4) is 0 Å². The molecule has 1 amide bonds. The van der Waals surface area contributed by atoms with E-state index in [9.17, 15) is 4.79 Å². The molecule has 0 aliphatic rings. The molecule has 0 aliphatic heterocycles. The molecular formula is C21H26N4O2S. The van der Waals surface area contributed by atoms with Crippen molar-refractivity contribution in [3.63, 3.8) is 0 Å². The normalized spacial score (nSPS) is 11.6. The molecule has 0 fully saturated rings. The van der Waals surface area contributed by atoms with Crippen LogP contribution in [0.2, 0.25) is 0 Å². The number of guanidine groups is 1. The number of nitrogens with zero attached hydrogens (tertiary/aromatic N) is 1. The average Bonchev–Trinajstić information content (AvgIpc) is 3.35. The Morgan fingerprint density at radius 2 is 1.93 bits per heavy atom. The summed E-state index contributed by atoms with van der Waals surface area (Å²) in [5.74, 6) is 1.60. The van der Waals surface area contributed by atoms with Crippen LogP contribution in [0, 0.1) is 6.92 Å². The summed E-state index contributed by atoms with van der Waals surface area (Å²) in [4.78, 5) is 17.3. The molecule has 3 rings (SSSR count). The third-order valence-corrected chi connectivity index (χ3v) is 5.21. The number of thiophene rings is 1. The van der Waals surface area contributed by atoms with Crippen LogP contribution in [0.4, 0.5) is 0 Å². The van der Waals surface area contributed by atoms with E-state index in [0.717, 1.165) is 52.6 Å². The first-order valence-corrected chi connectivity index (χ1v) is 10.4. The Hall–Kier alpha value is -2.80. The Kier molecular flexibility index (Phi) is 7.08. The third kappa shape index (κ3) is 5.13. The third-order valence-electron chi connectivity index (χ3n) is 4.34. The molecule has 0 saturated carbocycles. The highest BCUT2D eigenvalue weighted by Crippen LogP contribution is 2.25. The van der Waals surface area contributed by atoms with Gasteiger partial charge < -0.3 is 20.4 Å². The fourth-order valence-corrected chi connectivity index (χ4v) is 3.50. The van der Waals surface area contributed by atoms with Crippen LogP contribution >= 0.6 is 11.3 Å². The minimum Gasteiger partial charge on any atom is -0.459 e. The van der Waals surface area contributed by atoms with Crippen molar-refractivity contribution in [3.05, 3.63) is 58.0 Å². The number of rotatable bonds is 8. The van der Waals surface area contributed by atoms with Gasteiger partial charge in [-0.3, -0.25) is 4.79 Å². The van der Waals surface area contributed by atoms with E-state index >= 15 is 0 Å². The van der Waals surface area contributed by atoms with Crippen molar-refractivity contribution in [2.45, 2.75) is 26.8 Å². The molecule has 7 heteroatoms. The molecule has 0 radical (unpaired) electrons. The van der Waals surface area contributed by atoms with Gasteiger partial charge in [-0.25, -0.2) is 4.99 Å². The number of aryl methyl sites for hydroxylation is 1. The van der Waals surface area contributed by atoms with Gasteiger partial charge in [-0.15, -0.1) is 11.3 Å². The number of furan rings is 1. The van der Waals surface area contributed by atoms with Gasteiger partial charge in [0.05, 0.1) is 4.88 Å². The fourth-order valence-electron chi connectivity index (χ4n) is 2.86. The smallest absolute Gasteiger partial charge is 0.261 e. The van der Waals surface area contributed by atoms with Crippen molar-refractivity contribution in [2.75, 3.05) is 19.6 Å². The van der Waals surface area contributed by atoms with Crippen LogP contribution in [0.25, 0.3) is 11.0 Å². The Morgan fingerprint density at radius 3 is 2.68 bits per heavy atom. The second-order valence-electron chi connectivity index (χ2n) is 6.36. The molecular weight excluding hydrogens is 372 g/mol. The quantitative estimate of drug-likeness (QED) is 0.307. The number of hydrogen-bond donors (Lipinski definition) is 3. The molecule has 0 spiro atoms. The Morgan fingerprint density at radius 1 is 1.11 bits per heavy atom. The molecule has 148 valence electrons. The number of amides is 1. The number of fused-ring (bicyclic) bond motifs is 1. The molecule has 3 aromatic rings. The lowest BCUT2D eigenvalue weighted by molar-refractivity contribution is 0.0957. The molecule has 0 atom stereocenters. The maximum absolute atomic E-state index is 11.9. The zero-order valence-corrected chi connectivity index (χ0v) is 17.1. The van der Waals surface area contributed by atoms with Crippen molar-refractivity contribution < 1.29 is 9.21 Å². The van der Waals surface area contributed by atoms with Crippen LogP contribution in [0.15, 0.2) is 51.2 Å². The summed E-state index contributed by atoms with van der Waals surface area (Å²) in [6.45, 7) is 6.69. The van der Waals surface area contributed by atoms with Crippen molar-refractivity contribution in [1.29, 1.82) is 0 Å². The van der Waals surface area contributed by atoms with E-state index in [1.807, 2.05) is 42.6 Å². The summed E-state index contributed by atoms with van der Waals surface area (Å²) in [6, 6.07) is 11.7. The largest absolute Gasteiger partial charge is 0.459 e. The van der Waals surface area contributed by atoms with E-state index in [1.54, 1.807) is 0 Å². The van der Waals surface area contributed by atoms with Gasteiger partial charge in [0.15, 0.2) is 5.96 Å². The predicted octanol–water partition coefficient (Wildman–Crippen LogP) is 3.68. The second kappa shape index (κ2) is 9.94. The van der Waals surface area contributed by atoms with Gasteiger partial charge in [0.1, 0.15) is 17.9 Å². The van der Waals surface area contributed by atoms with Gasteiger partial charge in [-0.2, -0.15) is 0 Å². The molecule has 6 nitrogen and oxygen atoms in total. The maximum Gasteiger partial charge on any atom is 0.261 e. The number of benzene rings is 1. The van der Waals surface area contributed by atoms with Gasteiger partial charge in [0, 0.05) is 30.6 Å². The van der Waals surface area contributed by atoms with E-state index in [4.69, 9.17) is 4.42 Å². The van der Waals surface area contributed by atoms with Crippen molar-refractivity contribution in [1.82, 2.24) is 16.0 Å². The first-order valence-electron chi connectivity index (χ1n) is 9.50. The molecule has 0 saturated heterocycles. The number of para-hydroxylation sites is 1. The van der Waals surface area contributed by atoms with Crippen molar-refractivity contribution in [3.8, 4) is 0 Å². The topological polar surface area (TPSA) is 78.7 Å². The maximum atomic E-state index is 11.9. The highest BCUT2D eigenvalue weighted by molar-refractivity contribution is 7.12. The van der Waals surface area contributed by atoms with Crippen LogP contribution in [0.5, 0.6) is 0 Å². The van der Waals surface area contributed by atoms with Gasteiger partial charge in [-0.1, -0.05) is 24.3 Å². The van der Waals surface area contributed by atoms with Crippen molar-refractivity contribution >= 4 is 34.2 Å². The van der Waals surface area contributed by atoms with E-state index in [2.05, 4.69) is 33.9 Å². The molecule has 2 heterocycles. The van der Waals surface area contributed by atoms with E-state index in [0.29, 0.717) is 13.1 Å². The number of hydrogen-bond acceptors (Lipinski definition) is 4. The molecule has 1 aromatic carbocycles. The van der Waals surface area contributed by atoms with Crippen molar-refractivity contribution in [2.24, 2.45) is 4.99 Å². The van der Waals surface area contributed by atoms with E-state index in [-0.39, 0.29) is 5.91 Å². The average molecular weight is 399 g/mol. The Balaban J connectivity index is 1.48. The SMILES string of the molecule is CCNC(=NCc1oc2ccccc2c1C)NCCCNC(=O)c1cccs1. The summed E-state index contributed by atoms with van der Waals surface area (Å²) >= 11 is 1.45. The first kappa shape index (κ1) is 19.9. The lowest BCUT2D eigenvalue weighted by Crippen LogP contribution is -2.38. The second-order valence-corrected chi connectivity index (χ2v) is 7.30. The van der Waals surface area contributed by atoms with Gasteiger partial charge in [-0.05, 0) is 37.8 Å². The molecule has 28 heavy (non-hydrogen) atoms. The molecule has 2 aromatic heterocycles. The summed E-state index contributed by atoms with van der Waals surface area (Å²) in [6.07, 6.45) is 0.811. The summed E-state index contributed by atoms with van der Waals surface area (Å²) in [5.41, 5.74) is 2.02. The highest BCUT2D eigenvalue weighted by Gasteiger charge is 2.09. The fraction of sp³-hybridized carbons (Fsp3) is 0.333. The number of aliphatic imine (C=N–C) groups is 1. The van der Waals surface area contributed by atoms with Crippen LogP contribution in [-0.2, 0) is 6.54 Å². The van der Waals surface area contributed by atoms with Crippen LogP contribution in [0.1, 0.15) is 34.3 Å². The zero-order chi connectivity index (χ0) is 19.8. The minimum atomic E-state index is -0.0177. The summed E-state index contributed by atoms with van der Waals surface area (Å²) in [7, 11) is 0. The zero-order valence-electron chi connectivity index (χ0n) is 16.2. The van der Waals surface area contributed by atoms with Gasteiger partial charge in [0.2, 0.25) is 0 Å². The first-order chi connectivity index (χ1) is 13.7. The van der Waals surface area contributed by atoms with Crippen LogP contribution in [-0.4, -0.2) is 31.5 Å². The summed E-state index contributed by atoms with van der Waals surface area (Å²) in [5, 5.41) is 12.5. The number of carbonyl (C=O) groups excluding carboxylic acids is 1. The minimum absolute atomic E-state index is 0.0177.